The average molecular weight is 1310 g/mol. The molecule has 0 aliphatic carbocycles. The molecule has 470 valence electrons. The maximum atomic E-state index is 12.7. The molecule has 0 aliphatic rings. The second kappa shape index (κ2) is 33.3. The molecule has 4 unspecified atom stereocenters. The van der Waals surface area contributed by atoms with E-state index in [2.05, 4.69) is 42.5 Å². The second-order valence-corrected chi connectivity index (χ2v) is 33.3. The zero-order chi connectivity index (χ0) is 58.1. The van der Waals surface area contributed by atoms with Crippen molar-refractivity contribution in [1.82, 2.24) is 29.4 Å². The number of ether oxygens (including phenoxy) is 3. The van der Waals surface area contributed by atoms with Crippen LogP contribution in [-0.2, 0) is 76.4 Å². The molecule has 24 nitrogen and oxygen atoms in total. The number of carbonyl (C=O) groups excluding carboxylic acids is 3. The Kier molecular flexibility index (Phi) is 36.7. The van der Waals surface area contributed by atoms with Crippen molar-refractivity contribution in [3.05, 3.63) is 44.8 Å². The largest absolute Gasteiger partial charge is 0.443 e. The molecule has 3 amide bonds. The predicted octanol–water partition coefficient (Wildman–Crippen LogP) is 12.0. The Morgan fingerprint density at radius 3 is 1.20 bits per heavy atom. The van der Waals surface area contributed by atoms with E-state index in [1.807, 2.05) is 0 Å². The molecule has 4 heterocycles. The van der Waals surface area contributed by atoms with Crippen molar-refractivity contribution in [1.29, 1.82) is 0 Å². The normalized spacial score (nSPS) is 14.1. The molecule has 33 heteroatoms. The first-order valence-corrected chi connectivity index (χ1v) is 31.3. The van der Waals surface area contributed by atoms with Crippen LogP contribution in [0.1, 0.15) is 182 Å². The zero-order valence-corrected chi connectivity index (χ0v) is 51.8. The van der Waals surface area contributed by atoms with E-state index >= 15 is 0 Å². The van der Waals surface area contributed by atoms with Crippen LogP contribution in [0.4, 0.5) is 14.4 Å². The summed E-state index contributed by atoms with van der Waals surface area (Å²) in [5.74, 6) is 0. The van der Waals surface area contributed by atoms with Crippen molar-refractivity contribution in [2.24, 2.45) is 18.2 Å². The number of carbonyl (C=O) groups is 3. The predicted molar refractivity (Wildman–Crippen MR) is 330 cm³/mol. The fourth-order valence-corrected chi connectivity index (χ4v) is 12.9. The van der Waals surface area contributed by atoms with Gasteiger partial charge in [-0.05, 0) is 125 Å². The molecule has 4 rings (SSSR count). The molecule has 4 atom stereocenters. The van der Waals surface area contributed by atoms with Gasteiger partial charge in [0.15, 0.2) is 29.8 Å². The van der Waals surface area contributed by atoms with Crippen LogP contribution in [0, 0.1) is 0 Å². The zero-order valence-electron chi connectivity index (χ0n) is 44.5. The first kappa shape index (κ1) is 88.0. The minimum Gasteiger partial charge on any atom is -0.443 e. The average Bonchev–Trinajstić information content (AvgIpc) is 4.02. The number of hydrogen-bond donors (Lipinski definition) is 7. The molecule has 0 spiro atoms. The number of rotatable bonds is 10. The number of nitrogens with one attached hydrogen (secondary N) is 2. The number of nitrogens with zero attached hydrogens (tertiary/aromatic N) is 7. The number of hydrogen-bond acceptors (Lipinski definition) is 23. The van der Waals surface area contributed by atoms with Crippen LogP contribution >= 0.6 is 56.0 Å². The highest BCUT2D eigenvalue weighted by atomic mass is 35.7. The first-order valence-electron chi connectivity index (χ1n) is 21.4. The summed E-state index contributed by atoms with van der Waals surface area (Å²) in [6, 6.07) is 0. The van der Waals surface area contributed by atoms with Gasteiger partial charge in [0, 0.05) is 17.7 Å². The molecule has 0 aromatic carbocycles. The second-order valence-electron chi connectivity index (χ2n) is 20.1. The topological polar surface area (TPSA) is 367 Å². The van der Waals surface area contributed by atoms with Gasteiger partial charge in [-0.2, -0.15) is 0 Å². The minimum atomic E-state index is -3.45. The van der Waals surface area contributed by atoms with Crippen LogP contribution in [0.3, 0.4) is 0 Å². The third-order valence-electron chi connectivity index (χ3n) is 7.33. The number of amides is 3. The summed E-state index contributed by atoms with van der Waals surface area (Å²) < 4.78 is 79.8. The van der Waals surface area contributed by atoms with Gasteiger partial charge in [0.1, 0.15) is 86.0 Å². The molecular formula is C47H93ClN10O14S8. The number of aliphatic hydroxyl groups is 4. The number of aromatic nitrogens is 4. The van der Waals surface area contributed by atoms with Gasteiger partial charge in [-0.1, -0.05) is 44.6 Å². The molecule has 8 N–H and O–H groups in total. The van der Waals surface area contributed by atoms with E-state index in [9.17, 15) is 51.6 Å². The summed E-state index contributed by atoms with van der Waals surface area (Å²) >= 11 is 4.16. The fraction of sp³-hybridized carbons (Fsp3) is 0.681. The van der Waals surface area contributed by atoms with Gasteiger partial charge in [-0.15, -0.1) is 54.1 Å². The summed E-state index contributed by atoms with van der Waals surface area (Å²) in [6.07, 6.45) is 2.66. The highest BCUT2D eigenvalue weighted by Gasteiger charge is 2.29. The highest BCUT2D eigenvalue weighted by molar-refractivity contribution is 8.17. The van der Waals surface area contributed by atoms with Crippen molar-refractivity contribution < 1.29 is 65.9 Å². The van der Waals surface area contributed by atoms with E-state index in [0.717, 1.165) is 45.3 Å². The quantitative estimate of drug-likeness (QED) is 0.0573. The lowest BCUT2D eigenvalue weighted by Crippen LogP contribution is -2.33. The molecular weight excluding hydrogens is 1220 g/mol. The molecule has 0 aliphatic heterocycles. The lowest BCUT2D eigenvalue weighted by Gasteiger charge is -2.19. The molecule has 80 heavy (non-hydrogen) atoms. The number of halogens is 1. The minimum absolute atomic E-state index is 0. The molecule has 4 aromatic heterocycles. The molecule has 0 radical (unpaired) electrons. The summed E-state index contributed by atoms with van der Waals surface area (Å²) in [7, 11) is -2.56. The Hall–Kier alpha value is -3.22. The fourth-order valence-electron chi connectivity index (χ4n) is 4.15. The Balaban J connectivity index is -0.000000224. The van der Waals surface area contributed by atoms with Crippen molar-refractivity contribution in [3.63, 3.8) is 0 Å². The number of nitrogens with two attached hydrogens (primary N) is 1. The van der Waals surface area contributed by atoms with Gasteiger partial charge in [-0.3, -0.25) is 0 Å². The van der Waals surface area contributed by atoms with Gasteiger partial charge in [-0.25, -0.2) is 70.1 Å². The molecule has 0 saturated carbocycles. The van der Waals surface area contributed by atoms with E-state index in [1.54, 1.807) is 104 Å². The smallest absolute Gasteiger partial charge is 0.443 e. The van der Waals surface area contributed by atoms with Gasteiger partial charge >= 0.3 is 18.3 Å². The van der Waals surface area contributed by atoms with Crippen molar-refractivity contribution in [2.75, 3.05) is 14.1 Å². The lowest BCUT2D eigenvalue weighted by molar-refractivity contribution is 0.0566. The SMILES string of the molecule is C.C.C.C.C.C.CC(C)(C)OC(=O)N=S(=O)(Cl)c1cnc(C(C)(C)O)s1.CC(C)(C)OC(=O)NS(=O)c1cnc(C(C)(C)O)s1.CN=S(N)(=O)c1cnc(C(C)(C)O)s1.CNS(=O)(=NC(=O)OC(C)(C)C)c1cnc(C(C)(C)O)s1. The van der Waals surface area contributed by atoms with Gasteiger partial charge in [0.2, 0.25) is 0 Å². The third kappa shape index (κ3) is 31.4. The Morgan fingerprint density at radius 1 is 0.562 bits per heavy atom. The number of thiazole rings is 4. The highest BCUT2D eigenvalue weighted by Crippen LogP contribution is 2.32. The monoisotopic (exact) mass is 1310 g/mol. The van der Waals surface area contributed by atoms with Gasteiger partial charge in [0.05, 0.1) is 24.8 Å². The first-order chi connectivity index (χ1) is 32.9. The van der Waals surface area contributed by atoms with E-state index in [4.69, 9.17) is 30.0 Å². The van der Waals surface area contributed by atoms with Crippen LogP contribution in [0.15, 0.2) is 54.7 Å². The molecule has 0 fully saturated rings. The van der Waals surface area contributed by atoms with Crippen LogP contribution in [-0.4, -0.2) is 106 Å². The van der Waals surface area contributed by atoms with Crippen molar-refractivity contribution in [3.8, 4) is 0 Å². The van der Waals surface area contributed by atoms with Crippen LogP contribution < -0.4 is 14.6 Å². The third-order valence-corrected chi connectivity index (χ3v) is 20.9. The molecule has 0 saturated heterocycles. The summed E-state index contributed by atoms with van der Waals surface area (Å²) in [6.45, 7) is 27.8. The van der Waals surface area contributed by atoms with E-state index in [0.29, 0.717) is 28.4 Å². The molecule has 0 bridgehead atoms. The lowest BCUT2D eigenvalue weighted by atomic mass is 10.2. The van der Waals surface area contributed by atoms with Crippen LogP contribution in [0.2, 0.25) is 0 Å². The Bertz CT molecular complexity index is 2970. The van der Waals surface area contributed by atoms with E-state index < -0.39 is 97.2 Å². The van der Waals surface area contributed by atoms with E-state index in [1.165, 1.54) is 52.7 Å². The molecule has 4 aromatic rings. The van der Waals surface area contributed by atoms with Crippen molar-refractivity contribution in [2.45, 2.75) is 218 Å². The maximum absolute atomic E-state index is 12.7. The van der Waals surface area contributed by atoms with E-state index in [-0.39, 0.29) is 53.0 Å². The van der Waals surface area contributed by atoms with Gasteiger partial charge < -0.3 is 34.6 Å². The van der Waals surface area contributed by atoms with Crippen LogP contribution in [0.25, 0.3) is 0 Å². The summed E-state index contributed by atoms with van der Waals surface area (Å²) in [5, 5.41) is 46.1. The maximum Gasteiger partial charge on any atom is 0.443 e. The van der Waals surface area contributed by atoms with Gasteiger partial charge in [0.25, 0.3) is 0 Å². The summed E-state index contributed by atoms with van der Waals surface area (Å²) in [4.78, 5) is 50.6. The standard InChI is InChI=1S/C12H21N3O4S2.C11H17ClN2O4S2.C11H18N2O4S2.C7H13N3O2S2.6CH4/c1-11(2,3)19-10(16)15-21(18,13-6)8-7-14-9(20-8)12(4,5)17;1-10(2,3)18-9(15)14-20(12,17)7-6-13-8(19-7)11(4,5)16;1-10(2,3)17-9(14)13-19(16)7-6-12-8(18-7)11(4,5)15;1-7(2,11)6-10-4-5(13-6)14(8,12)9-3;;;;;;/h7,17H,1-6H3,(H,13,15,16,18);6,16H,1-5H3;6,15H,1-5H3,(H,13,14);4,11H,1-3H3,(H2,8,9,12);6*1H4. The Morgan fingerprint density at radius 2 is 0.875 bits per heavy atom. The van der Waals surface area contributed by atoms with Crippen molar-refractivity contribution >= 4 is 114 Å². The summed E-state index contributed by atoms with van der Waals surface area (Å²) in [5.41, 5.74) is -6.59. The van der Waals surface area contributed by atoms with Crippen LogP contribution in [0.5, 0.6) is 0 Å². The Labute approximate surface area is 501 Å².